The zero-order valence-corrected chi connectivity index (χ0v) is 18.3. The molecule has 0 aromatic heterocycles. The Hall–Kier alpha value is -1.21. The smallest absolute Gasteiger partial charge is 0.242 e. The third kappa shape index (κ3) is 7.37. The zero-order valence-electron chi connectivity index (χ0n) is 15.9. The first-order chi connectivity index (χ1) is 11.7. The SMILES string of the molecule is CC(C)(C)[C@H](N)C(=O)NCC(=O)N1CCN(c2cccc(Cl)c2)CC1.Cl.Cl. The van der Waals surface area contributed by atoms with Gasteiger partial charge in [-0.25, -0.2) is 0 Å². The number of hydrogen-bond acceptors (Lipinski definition) is 4. The van der Waals surface area contributed by atoms with E-state index in [1.807, 2.05) is 45.0 Å². The molecule has 1 saturated heterocycles. The lowest BCUT2D eigenvalue weighted by Crippen LogP contribution is -2.54. The van der Waals surface area contributed by atoms with Gasteiger partial charge in [0.2, 0.25) is 11.8 Å². The Kier molecular flexibility index (Phi) is 10.5. The summed E-state index contributed by atoms with van der Waals surface area (Å²) in [4.78, 5) is 28.3. The Balaban J connectivity index is 0.00000338. The number of halogens is 3. The molecule has 3 N–H and O–H groups in total. The number of carbonyl (C=O) groups is 2. The molecule has 9 heteroatoms. The minimum atomic E-state index is -0.639. The fourth-order valence-electron chi connectivity index (χ4n) is 2.66. The van der Waals surface area contributed by atoms with Crippen LogP contribution in [0.2, 0.25) is 5.02 Å². The third-order valence-corrected chi connectivity index (χ3v) is 4.67. The molecule has 1 aliphatic heterocycles. The molecule has 154 valence electrons. The Labute approximate surface area is 178 Å². The zero-order chi connectivity index (χ0) is 18.6. The number of hydrogen-bond donors (Lipinski definition) is 2. The third-order valence-electron chi connectivity index (χ3n) is 4.44. The molecule has 0 spiro atoms. The van der Waals surface area contributed by atoms with Crippen LogP contribution in [0, 0.1) is 5.41 Å². The van der Waals surface area contributed by atoms with E-state index in [0.29, 0.717) is 18.1 Å². The Morgan fingerprint density at radius 2 is 1.78 bits per heavy atom. The molecule has 2 rings (SSSR count). The predicted molar refractivity (Wildman–Crippen MR) is 115 cm³/mol. The van der Waals surface area contributed by atoms with Crippen molar-refractivity contribution >= 4 is 53.9 Å². The first-order valence-electron chi connectivity index (χ1n) is 8.50. The predicted octanol–water partition coefficient (Wildman–Crippen LogP) is 2.32. The van der Waals surface area contributed by atoms with Gasteiger partial charge in [-0.05, 0) is 23.6 Å². The van der Waals surface area contributed by atoms with Crippen molar-refractivity contribution in [2.45, 2.75) is 26.8 Å². The summed E-state index contributed by atoms with van der Waals surface area (Å²) in [6.07, 6.45) is 0. The van der Waals surface area contributed by atoms with Crippen LogP contribution in [0.3, 0.4) is 0 Å². The van der Waals surface area contributed by atoms with Gasteiger partial charge in [-0.15, -0.1) is 24.8 Å². The second kappa shape index (κ2) is 11.0. The number of carbonyl (C=O) groups excluding carboxylic acids is 2. The van der Waals surface area contributed by atoms with Crippen LogP contribution in [0.4, 0.5) is 5.69 Å². The van der Waals surface area contributed by atoms with Gasteiger partial charge in [-0.3, -0.25) is 9.59 Å². The lowest BCUT2D eigenvalue weighted by atomic mass is 9.87. The quantitative estimate of drug-likeness (QED) is 0.754. The minimum absolute atomic E-state index is 0. The number of amides is 2. The van der Waals surface area contributed by atoms with Crippen LogP contribution in [0.5, 0.6) is 0 Å². The summed E-state index contributed by atoms with van der Waals surface area (Å²) in [6.45, 7) is 8.39. The fourth-order valence-corrected chi connectivity index (χ4v) is 2.85. The van der Waals surface area contributed by atoms with Gasteiger partial charge in [0, 0.05) is 36.9 Å². The van der Waals surface area contributed by atoms with Crippen LogP contribution < -0.4 is 16.0 Å². The summed E-state index contributed by atoms with van der Waals surface area (Å²) in [7, 11) is 0. The average Bonchev–Trinajstić information content (AvgIpc) is 2.58. The number of anilines is 1. The van der Waals surface area contributed by atoms with Gasteiger partial charge in [0.25, 0.3) is 0 Å². The maximum atomic E-state index is 12.3. The molecule has 1 aromatic rings. The monoisotopic (exact) mass is 438 g/mol. The minimum Gasteiger partial charge on any atom is -0.368 e. The number of piperazine rings is 1. The van der Waals surface area contributed by atoms with Crippen molar-refractivity contribution in [3.8, 4) is 0 Å². The number of nitrogens with zero attached hydrogens (tertiary/aromatic N) is 2. The standard InChI is InChI=1S/C18H27ClN4O2.2ClH/c1-18(2,3)16(20)17(25)21-12-15(24)23-9-7-22(8-10-23)14-6-4-5-13(19)11-14;;/h4-6,11,16H,7-10,12,20H2,1-3H3,(H,21,25);2*1H/t16-;;/m1../s1. The number of benzene rings is 1. The van der Waals surface area contributed by atoms with Gasteiger partial charge in [-0.1, -0.05) is 38.4 Å². The van der Waals surface area contributed by atoms with E-state index in [4.69, 9.17) is 17.3 Å². The van der Waals surface area contributed by atoms with E-state index in [1.54, 1.807) is 4.90 Å². The van der Waals surface area contributed by atoms with E-state index in [2.05, 4.69) is 10.2 Å². The van der Waals surface area contributed by atoms with Gasteiger partial charge in [-0.2, -0.15) is 0 Å². The van der Waals surface area contributed by atoms with Crippen LogP contribution in [0.15, 0.2) is 24.3 Å². The molecule has 2 amide bonds. The highest BCUT2D eigenvalue weighted by Gasteiger charge is 2.28. The van der Waals surface area contributed by atoms with Crippen molar-refractivity contribution in [3.05, 3.63) is 29.3 Å². The van der Waals surface area contributed by atoms with Crippen molar-refractivity contribution in [1.82, 2.24) is 10.2 Å². The Morgan fingerprint density at radius 1 is 1.19 bits per heavy atom. The summed E-state index contributed by atoms with van der Waals surface area (Å²) >= 11 is 6.03. The molecule has 6 nitrogen and oxygen atoms in total. The van der Waals surface area contributed by atoms with Gasteiger partial charge >= 0.3 is 0 Å². The molecule has 1 atom stereocenters. The lowest BCUT2D eigenvalue weighted by Gasteiger charge is -2.36. The highest BCUT2D eigenvalue weighted by molar-refractivity contribution is 6.30. The molecule has 1 aliphatic rings. The molecule has 0 radical (unpaired) electrons. The highest BCUT2D eigenvalue weighted by atomic mass is 35.5. The summed E-state index contributed by atoms with van der Waals surface area (Å²) in [6, 6.07) is 7.06. The fraction of sp³-hybridized carbons (Fsp3) is 0.556. The van der Waals surface area contributed by atoms with Crippen LogP contribution in [-0.4, -0.2) is 55.5 Å². The van der Waals surface area contributed by atoms with Crippen molar-refractivity contribution in [3.63, 3.8) is 0 Å². The molecule has 0 saturated carbocycles. The van der Waals surface area contributed by atoms with Crippen molar-refractivity contribution < 1.29 is 9.59 Å². The summed E-state index contributed by atoms with van der Waals surface area (Å²) in [5.74, 6) is -0.376. The normalized spacial score (nSPS) is 15.3. The summed E-state index contributed by atoms with van der Waals surface area (Å²) in [5, 5.41) is 3.35. The van der Waals surface area contributed by atoms with E-state index in [1.165, 1.54) is 0 Å². The van der Waals surface area contributed by atoms with E-state index in [9.17, 15) is 9.59 Å². The molecule has 27 heavy (non-hydrogen) atoms. The maximum Gasteiger partial charge on any atom is 0.242 e. The first kappa shape index (κ1) is 25.8. The average molecular weight is 440 g/mol. The van der Waals surface area contributed by atoms with E-state index < -0.39 is 6.04 Å². The van der Waals surface area contributed by atoms with Gasteiger partial charge in [0.05, 0.1) is 12.6 Å². The number of nitrogens with two attached hydrogens (primary N) is 1. The van der Waals surface area contributed by atoms with Crippen molar-refractivity contribution in [2.24, 2.45) is 11.1 Å². The van der Waals surface area contributed by atoms with Gasteiger partial charge in [0.15, 0.2) is 0 Å². The first-order valence-corrected chi connectivity index (χ1v) is 8.88. The van der Waals surface area contributed by atoms with Crippen molar-refractivity contribution in [1.29, 1.82) is 0 Å². The second-order valence-corrected chi connectivity index (χ2v) is 7.85. The molecule has 0 unspecified atom stereocenters. The lowest BCUT2D eigenvalue weighted by molar-refractivity contribution is -0.134. The topological polar surface area (TPSA) is 78.7 Å². The molecule has 0 aliphatic carbocycles. The second-order valence-electron chi connectivity index (χ2n) is 7.41. The van der Waals surface area contributed by atoms with Crippen molar-refractivity contribution in [2.75, 3.05) is 37.6 Å². The highest BCUT2D eigenvalue weighted by Crippen LogP contribution is 2.21. The molecule has 1 heterocycles. The van der Waals surface area contributed by atoms with Crippen LogP contribution in [0.1, 0.15) is 20.8 Å². The molecule has 0 bridgehead atoms. The Bertz CT molecular complexity index is 629. The molecular weight excluding hydrogens is 411 g/mol. The molecule has 1 fully saturated rings. The molecular formula is C18H29Cl3N4O2. The maximum absolute atomic E-state index is 12.3. The summed E-state index contributed by atoms with van der Waals surface area (Å²) in [5.41, 5.74) is 6.62. The van der Waals surface area contributed by atoms with Crippen LogP contribution in [-0.2, 0) is 9.59 Å². The van der Waals surface area contributed by atoms with Gasteiger partial charge < -0.3 is 20.9 Å². The molecule has 1 aromatic carbocycles. The van der Waals surface area contributed by atoms with E-state index in [-0.39, 0.29) is 48.6 Å². The number of nitrogens with one attached hydrogen (secondary N) is 1. The van der Waals surface area contributed by atoms with Crippen LogP contribution in [0.25, 0.3) is 0 Å². The largest absolute Gasteiger partial charge is 0.368 e. The summed E-state index contributed by atoms with van der Waals surface area (Å²) < 4.78 is 0. The number of rotatable bonds is 4. The Morgan fingerprint density at radius 3 is 2.30 bits per heavy atom. The van der Waals surface area contributed by atoms with Crippen LogP contribution >= 0.6 is 36.4 Å². The van der Waals surface area contributed by atoms with E-state index >= 15 is 0 Å². The van der Waals surface area contributed by atoms with Gasteiger partial charge in [0.1, 0.15) is 0 Å². The van der Waals surface area contributed by atoms with E-state index in [0.717, 1.165) is 18.8 Å².